The van der Waals surface area contributed by atoms with Gasteiger partial charge in [0.2, 0.25) is 0 Å². The van der Waals surface area contributed by atoms with Crippen LogP contribution in [-0.2, 0) is 4.79 Å². The van der Waals surface area contributed by atoms with Crippen LogP contribution >= 0.6 is 11.8 Å². The number of halogens is 3. The van der Waals surface area contributed by atoms with Gasteiger partial charge in [0, 0.05) is 36.3 Å². The van der Waals surface area contributed by atoms with Gasteiger partial charge >= 0.3 is 5.51 Å². The Hall–Kier alpha value is -2.75. The zero-order chi connectivity index (χ0) is 19.9. The predicted octanol–water partition coefficient (Wildman–Crippen LogP) is 3.46. The quantitative estimate of drug-likeness (QED) is 0.697. The van der Waals surface area contributed by atoms with E-state index < -0.39 is 28.2 Å². The number of anilines is 1. The Kier molecular flexibility index (Phi) is 7.05. The van der Waals surface area contributed by atoms with Gasteiger partial charge < -0.3 is 15.4 Å². The van der Waals surface area contributed by atoms with E-state index in [2.05, 4.69) is 15.6 Å². The number of nitrogens with zero attached hydrogens (tertiary/aromatic N) is 1. The number of hydrogen-bond donors (Lipinski definition) is 2. The molecule has 0 aliphatic heterocycles. The molecule has 6 nitrogen and oxygen atoms in total. The number of carbonyl (C=O) groups excluding carboxylic acids is 2. The molecule has 0 spiro atoms. The number of pyridine rings is 1. The van der Waals surface area contributed by atoms with Gasteiger partial charge in [0.15, 0.2) is 6.61 Å². The van der Waals surface area contributed by atoms with Crippen molar-refractivity contribution in [3.63, 3.8) is 0 Å². The third kappa shape index (κ3) is 6.81. The summed E-state index contributed by atoms with van der Waals surface area (Å²) in [7, 11) is 0. The minimum absolute atomic E-state index is 0.194. The van der Waals surface area contributed by atoms with E-state index in [1.54, 1.807) is 25.1 Å². The van der Waals surface area contributed by atoms with Gasteiger partial charge in [-0.1, -0.05) is 6.07 Å². The maximum atomic E-state index is 12.6. The minimum atomic E-state index is -4.56. The molecule has 2 aromatic rings. The molecule has 0 radical (unpaired) electrons. The van der Waals surface area contributed by atoms with Crippen LogP contribution in [-0.4, -0.2) is 35.5 Å². The number of nitrogens with one attached hydrogen (secondary N) is 2. The van der Waals surface area contributed by atoms with E-state index >= 15 is 0 Å². The number of benzene rings is 1. The van der Waals surface area contributed by atoms with Crippen molar-refractivity contribution in [1.82, 2.24) is 10.3 Å². The van der Waals surface area contributed by atoms with E-state index in [9.17, 15) is 22.8 Å². The molecule has 0 atom stereocenters. The molecule has 144 valence electrons. The Morgan fingerprint density at radius 1 is 1.22 bits per heavy atom. The first-order valence-electron chi connectivity index (χ1n) is 7.80. The molecule has 2 rings (SSSR count). The molecule has 2 amide bonds. The molecular formula is C17H16F3N3O3S. The first-order valence-corrected chi connectivity index (χ1v) is 8.62. The third-order valence-corrected chi connectivity index (χ3v) is 3.81. The number of likely N-dealkylation sites (N-methyl/N-ethyl adjacent to an activating group) is 1. The molecule has 0 bridgehead atoms. The first-order chi connectivity index (χ1) is 12.8. The predicted molar refractivity (Wildman–Crippen MR) is 94.7 cm³/mol. The summed E-state index contributed by atoms with van der Waals surface area (Å²) in [5, 5.41) is 4.63. The lowest BCUT2D eigenvalue weighted by molar-refractivity contribution is -0.122. The van der Waals surface area contributed by atoms with Gasteiger partial charge in [0.05, 0.1) is 5.56 Å². The number of ether oxygens (including phenoxy) is 1. The summed E-state index contributed by atoms with van der Waals surface area (Å²) < 4.78 is 43.1. The van der Waals surface area contributed by atoms with Crippen LogP contribution in [0.5, 0.6) is 5.75 Å². The SMILES string of the molecule is CCNC(=O)COc1cccc(NC(=O)c2cccnc2SC(F)(F)F)c1. The molecule has 2 N–H and O–H groups in total. The lowest BCUT2D eigenvalue weighted by Crippen LogP contribution is -2.28. The zero-order valence-electron chi connectivity index (χ0n) is 14.2. The van der Waals surface area contributed by atoms with Crippen molar-refractivity contribution in [2.24, 2.45) is 0 Å². The largest absolute Gasteiger partial charge is 0.484 e. The fourth-order valence-corrected chi connectivity index (χ4v) is 2.62. The van der Waals surface area contributed by atoms with Crippen LogP contribution in [0.25, 0.3) is 0 Å². The molecule has 27 heavy (non-hydrogen) atoms. The third-order valence-electron chi connectivity index (χ3n) is 3.06. The van der Waals surface area contributed by atoms with Crippen LogP contribution in [0.3, 0.4) is 0 Å². The monoisotopic (exact) mass is 399 g/mol. The van der Waals surface area contributed by atoms with Gasteiger partial charge in [0.25, 0.3) is 11.8 Å². The summed E-state index contributed by atoms with van der Waals surface area (Å²) >= 11 is -0.456. The van der Waals surface area contributed by atoms with E-state index in [0.717, 1.165) is 0 Å². The molecular weight excluding hydrogens is 383 g/mol. The summed E-state index contributed by atoms with van der Waals surface area (Å²) in [4.78, 5) is 27.4. The van der Waals surface area contributed by atoms with E-state index in [-0.39, 0.29) is 18.1 Å². The highest BCUT2D eigenvalue weighted by atomic mass is 32.2. The summed E-state index contributed by atoms with van der Waals surface area (Å²) in [5.74, 6) is -0.707. The highest BCUT2D eigenvalue weighted by Crippen LogP contribution is 2.37. The summed E-state index contributed by atoms with van der Waals surface area (Å²) in [6, 6.07) is 8.81. The van der Waals surface area contributed by atoms with Crippen LogP contribution in [0.1, 0.15) is 17.3 Å². The van der Waals surface area contributed by atoms with Crippen molar-refractivity contribution in [1.29, 1.82) is 0 Å². The van der Waals surface area contributed by atoms with Gasteiger partial charge in [-0.05, 0) is 31.2 Å². The average Bonchev–Trinajstić information content (AvgIpc) is 2.59. The van der Waals surface area contributed by atoms with Crippen LogP contribution in [0.2, 0.25) is 0 Å². The fourth-order valence-electron chi connectivity index (χ4n) is 2.01. The first kappa shape index (κ1) is 20.6. The summed E-state index contributed by atoms with van der Waals surface area (Å²) in [6.45, 7) is 2.06. The van der Waals surface area contributed by atoms with E-state index in [4.69, 9.17) is 4.74 Å². The van der Waals surface area contributed by atoms with Crippen molar-refractivity contribution in [2.45, 2.75) is 17.5 Å². The van der Waals surface area contributed by atoms with Crippen LogP contribution in [0.15, 0.2) is 47.6 Å². The molecule has 0 aliphatic carbocycles. The van der Waals surface area contributed by atoms with Crippen molar-refractivity contribution in [3.05, 3.63) is 48.2 Å². The highest BCUT2D eigenvalue weighted by Gasteiger charge is 2.32. The number of amides is 2. The molecule has 1 aromatic carbocycles. The Labute approximate surface area is 157 Å². The molecule has 0 saturated heterocycles. The minimum Gasteiger partial charge on any atom is -0.484 e. The average molecular weight is 399 g/mol. The Bertz CT molecular complexity index is 815. The number of alkyl halides is 3. The summed E-state index contributed by atoms with van der Waals surface area (Å²) in [5.41, 5.74) is -4.45. The van der Waals surface area contributed by atoms with Crippen molar-refractivity contribution < 1.29 is 27.5 Å². The molecule has 0 fully saturated rings. The van der Waals surface area contributed by atoms with Gasteiger partial charge in [-0.3, -0.25) is 9.59 Å². The lowest BCUT2D eigenvalue weighted by atomic mass is 10.2. The van der Waals surface area contributed by atoms with E-state index in [1.165, 1.54) is 24.4 Å². The van der Waals surface area contributed by atoms with Gasteiger partial charge in [-0.15, -0.1) is 0 Å². The Morgan fingerprint density at radius 3 is 2.70 bits per heavy atom. The normalized spacial score (nSPS) is 11.0. The number of carbonyl (C=O) groups is 2. The maximum Gasteiger partial charge on any atom is 0.447 e. The van der Waals surface area contributed by atoms with Crippen LogP contribution < -0.4 is 15.4 Å². The Balaban J connectivity index is 2.08. The van der Waals surface area contributed by atoms with Gasteiger partial charge in [0.1, 0.15) is 10.8 Å². The fraction of sp³-hybridized carbons (Fsp3) is 0.235. The standard InChI is InChI=1S/C17H16F3N3O3S/c1-2-21-14(24)10-26-12-6-3-5-11(9-12)23-15(25)13-7-4-8-22-16(13)27-17(18,19)20/h3-9H,2,10H2,1H3,(H,21,24)(H,23,25). The van der Waals surface area contributed by atoms with Crippen molar-refractivity contribution in [3.8, 4) is 5.75 Å². The van der Waals surface area contributed by atoms with E-state index in [0.29, 0.717) is 18.0 Å². The maximum absolute atomic E-state index is 12.6. The molecule has 0 saturated carbocycles. The molecule has 10 heteroatoms. The molecule has 1 heterocycles. The van der Waals surface area contributed by atoms with Gasteiger partial charge in [-0.2, -0.15) is 13.2 Å². The zero-order valence-corrected chi connectivity index (χ0v) is 15.0. The highest BCUT2D eigenvalue weighted by molar-refractivity contribution is 8.00. The second-order valence-corrected chi connectivity index (χ2v) is 6.18. The van der Waals surface area contributed by atoms with Crippen LogP contribution in [0, 0.1) is 0 Å². The molecule has 0 aliphatic rings. The number of thioether (sulfide) groups is 1. The van der Waals surface area contributed by atoms with Crippen molar-refractivity contribution >= 4 is 29.3 Å². The molecule has 1 aromatic heterocycles. The van der Waals surface area contributed by atoms with E-state index in [1.807, 2.05) is 0 Å². The second-order valence-electron chi connectivity index (χ2n) is 5.13. The lowest BCUT2D eigenvalue weighted by Gasteiger charge is -2.11. The second kappa shape index (κ2) is 9.26. The summed E-state index contributed by atoms with van der Waals surface area (Å²) in [6.07, 6.45) is 1.18. The molecule has 0 unspecified atom stereocenters. The number of aromatic nitrogens is 1. The smallest absolute Gasteiger partial charge is 0.447 e. The van der Waals surface area contributed by atoms with Gasteiger partial charge in [-0.25, -0.2) is 4.98 Å². The Morgan fingerprint density at radius 2 is 2.00 bits per heavy atom. The number of rotatable bonds is 7. The number of hydrogen-bond acceptors (Lipinski definition) is 5. The van der Waals surface area contributed by atoms with Crippen molar-refractivity contribution in [2.75, 3.05) is 18.5 Å². The van der Waals surface area contributed by atoms with Crippen LogP contribution in [0.4, 0.5) is 18.9 Å². The topological polar surface area (TPSA) is 80.3 Å².